The summed E-state index contributed by atoms with van der Waals surface area (Å²) in [5.74, 6) is -0.119. The quantitative estimate of drug-likeness (QED) is 0.468. The lowest BCUT2D eigenvalue weighted by Gasteiger charge is -2.46. The lowest BCUT2D eigenvalue weighted by atomic mass is 9.54. The summed E-state index contributed by atoms with van der Waals surface area (Å²) in [6.45, 7) is 1.90. The lowest BCUT2D eigenvalue weighted by molar-refractivity contribution is -0.131. The first kappa shape index (κ1) is 22.4. The summed E-state index contributed by atoms with van der Waals surface area (Å²) >= 11 is 6.66. The van der Waals surface area contributed by atoms with Gasteiger partial charge in [0, 0.05) is 29.7 Å². The van der Waals surface area contributed by atoms with Crippen LogP contribution in [0.2, 0.25) is 5.02 Å². The maximum Gasteiger partial charge on any atom is 0.260 e. The van der Waals surface area contributed by atoms with Gasteiger partial charge in [-0.1, -0.05) is 60.1 Å². The highest BCUT2D eigenvalue weighted by atomic mass is 35.5. The van der Waals surface area contributed by atoms with E-state index in [9.17, 15) is 9.59 Å². The number of hydrazone groups is 1. The van der Waals surface area contributed by atoms with Gasteiger partial charge in [0.2, 0.25) is 0 Å². The van der Waals surface area contributed by atoms with Crippen molar-refractivity contribution in [1.82, 2.24) is 0 Å². The van der Waals surface area contributed by atoms with Crippen molar-refractivity contribution < 1.29 is 14.3 Å². The minimum absolute atomic E-state index is 0.107. The van der Waals surface area contributed by atoms with Crippen LogP contribution in [0.5, 0.6) is 5.75 Å². The van der Waals surface area contributed by atoms with E-state index in [0.717, 1.165) is 16.9 Å². The number of methoxy groups -OCH3 is 1. The zero-order valence-corrected chi connectivity index (χ0v) is 19.8. The third-order valence-electron chi connectivity index (χ3n) is 7.16. The van der Waals surface area contributed by atoms with Crippen molar-refractivity contribution in [2.45, 2.75) is 31.6 Å². The molecule has 3 aromatic rings. The van der Waals surface area contributed by atoms with Crippen molar-refractivity contribution in [3.05, 3.63) is 95.0 Å². The number of hydrogen-bond donors (Lipinski definition) is 0. The number of hydrogen-bond acceptors (Lipinski definition) is 4. The molecule has 3 atom stereocenters. The van der Waals surface area contributed by atoms with Gasteiger partial charge in [-0.05, 0) is 48.4 Å². The molecule has 0 bridgehead atoms. The zero-order chi connectivity index (χ0) is 23.9. The van der Waals surface area contributed by atoms with Gasteiger partial charge in [-0.3, -0.25) is 9.59 Å². The number of carbonyl (C=O) groups is 2. The number of ketones is 1. The molecule has 172 valence electrons. The second-order valence-corrected chi connectivity index (χ2v) is 9.26. The summed E-state index contributed by atoms with van der Waals surface area (Å²) < 4.78 is 5.33. The molecule has 0 radical (unpaired) electrons. The molecule has 2 aliphatic rings. The van der Waals surface area contributed by atoms with Gasteiger partial charge in [-0.2, -0.15) is 10.1 Å². The number of Topliss-reactive ketones (excluding diaryl/α,β-unsaturated/α-hetero) is 1. The molecular weight excluding hydrogens is 448 g/mol. The fourth-order valence-electron chi connectivity index (χ4n) is 5.59. The van der Waals surface area contributed by atoms with E-state index in [1.807, 2.05) is 85.8 Å². The Bertz CT molecular complexity index is 1270. The molecule has 0 aromatic heterocycles. The van der Waals surface area contributed by atoms with Crippen LogP contribution < -0.4 is 9.75 Å². The van der Waals surface area contributed by atoms with E-state index in [0.29, 0.717) is 16.4 Å². The number of halogens is 1. The Kier molecular flexibility index (Phi) is 5.74. The minimum atomic E-state index is -1.04. The van der Waals surface area contributed by atoms with Crippen molar-refractivity contribution in [3.8, 4) is 5.75 Å². The number of ether oxygens (including phenoxy) is 1. The normalized spacial score (nSPS) is 24.4. The van der Waals surface area contributed by atoms with Gasteiger partial charge in [-0.25, -0.2) is 0 Å². The van der Waals surface area contributed by atoms with E-state index in [2.05, 4.69) is 0 Å². The highest BCUT2D eigenvalue weighted by molar-refractivity contribution is 6.31. The Balaban J connectivity index is 1.73. The smallest absolute Gasteiger partial charge is 0.260 e. The van der Waals surface area contributed by atoms with Gasteiger partial charge < -0.3 is 4.74 Å². The zero-order valence-electron chi connectivity index (χ0n) is 19.1. The largest absolute Gasteiger partial charge is 0.497 e. The predicted octanol–water partition coefficient (Wildman–Crippen LogP) is 5.99. The van der Waals surface area contributed by atoms with Gasteiger partial charge >= 0.3 is 0 Å². The Morgan fingerprint density at radius 2 is 1.56 bits per heavy atom. The number of para-hydroxylation sites is 1. The summed E-state index contributed by atoms with van der Waals surface area (Å²) in [5.41, 5.74) is 2.06. The summed E-state index contributed by atoms with van der Waals surface area (Å²) in [4.78, 5) is 27.6. The Morgan fingerprint density at radius 3 is 2.24 bits per heavy atom. The summed E-state index contributed by atoms with van der Waals surface area (Å²) in [7, 11) is 1.61. The standard InChI is InChI=1S/C28H25ClN2O3/c1-18-28(27(33)31(30-18)20-8-4-3-5-9-20)24(19-12-14-22(34-2)15-13-19)16-21(32)17-25(28)23-10-6-7-11-26(23)29/h3-15,24-25H,16-17H2,1-2H3/t24-,25-,28-/m0/s1. The molecule has 1 aliphatic carbocycles. The SMILES string of the molecule is COc1ccc([C@@H]2CC(=O)C[C@@H](c3ccccc3Cl)[C@@]23C(=O)N(c2ccccc2)N=C3C)cc1. The number of anilines is 1. The number of carbonyl (C=O) groups excluding carboxylic acids is 2. The average molecular weight is 473 g/mol. The number of rotatable bonds is 4. The molecule has 1 spiro atoms. The number of benzene rings is 3. The van der Waals surface area contributed by atoms with Crippen LogP contribution in [0.1, 0.15) is 42.7 Å². The van der Waals surface area contributed by atoms with Crippen molar-refractivity contribution in [3.63, 3.8) is 0 Å². The predicted molar refractivity (Wildman–Crippen MR) is 134 cm³/mol. The van der Waals surface area contributed by atoms with Crippen LogP contribution in [0.3, 0.4) is 0 Å². The summed E-state index contributed by atoms with van der Waals surface area (Å²) in [6.07, 6.45) is 0.492. The fraction of sp³-hybridized carbons (Fsp3) is 0.250. The Hall–Kier alpha value is -3.44. The maximum atomic E-state index is 14.4. The first-order valence-electron chi connectivity index (χ1n) is 11.3. The highest BCUT2D eigenvalue weighted by Crippen LogP contribution is 2.59. The van der Waals surface area contributed by atoms with Crippen LogP contribution in [-0.4, -0.2) is 24.5 Å². The van der Waals surface area contributed by atoms with Gasteiger partial charge in [0.15, 0.2) is 0 Å². The average Bonchev–Trinajstić information content (AvgIpc) is 3.12. The molecule has 1 amide bonds. The van der Waals surface area contributed by atoms with E-state index >= 15 is 0 Å². The molecule has 1 saturated carbocycles. The second-order valence-electron chi connectivity index (χ2n) is 8.85. The molecule has 34 heavy (non-hydrogen) atoms. The van der Waals surface area contributed by atoms with E-state index < -0.39 is 11.3 Å². The minimum Gasteiger partial charge on any atom is -0.497 e. The molecule has 3 aromatic carbocycles. The van der Waals surface area contributed by atoms with Crippen LogP contribution in [0.25, 0.3) is 0 Å². The maximum absolute atomic E-state index is 14.4. The molecule has 1 fully saturated rings. The number of amides is 1. The van der Waals surface area contributed by atoms with Crippen LogP contribution in [0.4, 0.5) is 5.69 Å². The van der Waals surface area contributed by atoms with E-state index in [4.69, 9.17) is 21.4 Å². The molecule has 0 unspecified atom stereocenters. The van der Waals surface area contributed by atoms with Gasteiger partial charge in [0.05, 0.1) is 18.5 Å². The Morgan fingerprint density at radius 1 is 0.912 bits per heavy atom. The molecule has 5 rings (SSSR count). The molecule has 1 heterocycles. The number of nitrogens with zero attached hydrogens (tertiary/aromatic N) is 2. The van der Waals surface area contributed by atoms with Crippen molar-refractivity contribution in [1.29, 1.82) is 0 Å². The summed E-state index contributed by atoms with van der Waals surface area (Å²) in [5, 5.41) is 6.82. The Labute approximate surface area is 204 Å². The van der Waals surface area contributed by atoms with E-state index in [1.54, 1.807) is 7.11 Å². The van der Waals surface area contributed by atoms with Crippen LogP contribution in [-0.2, 0) is 9.59 Å². The monoisotopic (exact) mass is 472 g/mol. The molecule has 1 aliphatic heterocycles. The van der Waals surface area contributed by atoms with Crippen molar-refractivity contribution >= 4 is 34.7 Å². The van der Waals surface area contributed by atoms with Crippen molar-refractivity contribution in [2.24, 2.45) is 10.5 Å². The van der Waals surface area contributed by atoms with E-state index in [-0.39, 0.29) is 30.4 Å². The van der Waals surface area contributed by atoms with Crippen molar-refractivity contribution in [2.75, 3.05) is 12.1 Å². The lowest BCUT2D eigenvalue weighted by Crippen LogP contribution is -2.52. The van der Waals surface area contributed by atoms with E-state index in [1.165, 1.54) is 5.01 Å². The van der Waals surface area contributed by atoms with Crippen LogP contribution in [0, 0.1) is 5.41 Å². The third-order valence-corrected chi connectivity index (χ3v) is 7.50. The fourth-order valence-corrected chi connectivity index (χ4v) is 5.86. The van der Waals surface area contributed by atoms with Crippen LogP contribution in [0.15, 0.2) is 84.0 Å². The highest BCUT2D eigenvalue weighted by Gasteiger charge is 2.62. The first-order valence-corrected chi connectivity index (χ1v) is 11.7. The molecule has 0 saturated heterocycles. The first-order chi connectivity index (χ1) is 16.5. The molecule has 6 heteroatoms. The molecule has 0 N–H and O–H groups in total. The van der Waals surface area contributed by atoms with Crippen LogP contribution >= 0.6 is 11.6 Å². The molecular formula is C28H25ClN2O3. The molecule has 5 nitrogen and oxygen atoms in total. The third kappa shape index (κ3) is 3.43. The van der Waals surface area contributed by atoms with Gasteiger partial charge in [0.25, 0.3) is 5.91 Å². The van der Waals surface area contributed by atoms with Gasteiger partial charge in [-0.15, -0.1) is 0 Å². The summed E-state index contributed by atoms with van der Waals surface area (Å²) in [6, 6.07) is 24.5. The topological polar surface area (TPSA) is 59.0 Å². The second kappa shape index (κ2) is 8.73. The van der Waals surface area contributed by atoms with Gasteiger partial charge in [0.1, 0.15) is 16.9 Å².